The number of halogens is 1. The predicted molar refractivity (Wildman–Crippen MR) is 57.8 cm³/mol. The number of nitrogens with zero attached hydrogens (tertiary/aromatic N) is 2. The molecule has 0 N–H and O–H groups in total. The molecule has 76 valence electrons. The van der Waals surface area contributed by atoms with Crippen LogP contribution in [0, 0.1) is 0 Å². The summed E-state index contributed by atoms with van der Waals surface area (Å²) in [6, 6.07) is 9.08. The van der Waals surface area contributed by atoms with Gasteiger partial charge in [0.25, 0.3) is 0 Å². The van der Waals surface area contributed by atoms with Gasteiger partial charge < -0.3 is 4.74 Å². The summed E-state index contributed by atoms with van der Waals surface area (Å²) in [7, 11) is 0. The molecule has 0 aromatic carbocycles. The van der Waals surface area contributed by atoms with E-state index in [4.69, 9.17) is 16.3 Å². The summed E-state index contributed by atoms with van der Waals surface area (Å²) in [6.45, 7) is 0.446. The Bertz CT molecular complexity index is 434. The summed E-state index contributed by atoms with van der Waals surface area (Å²) in [5.74, 6) is 0.520. The number of rotatable bonds is 3. The van der Waals surface area contributed by atoms with Gasteiger partial charge in [-0.2, -0.15) is 0 Å². The fourth-order valence-electron chi connectivity index (χ4n) is 1.11. The largest absolute Gasteiger partial charge is 0.473 e. The third-order valence-corrected chi connectivity index (χ3v) is 2.01. The zero-order chi connectivity index (χ0) is 10.5. The number of aromatic nitrogens is 2. The highest BCUT2D eigenvalue weighted by molar-refractivity contribution is 6.29. The Morgan fingerprint density at radius 3 is 2.87 bits per heavy atom. The van der Waals surface area contributed by atoms with E-state index in [1.807, 2.05) is 12.1 Å². The first-order valence-corrected chi connectivity index (χ1v) is 4.86. The van der Waals surface area contributed by atoms with Crippen molar-refractivity contribution in [3.63, 3.8) is 0 Å². The molecule has 0 aliphatic heterocycles. The van der Waals surface area contributed by atoms with Crippen molar-refractivity contribution in [3.8, 4) is 5.88 Å². The predicted octanol–water partition coefficient (Wildman–Crippen LogP) is 2.71. The van der Waals surface area contributed by atoms with Crippen molar-refractivity contribution in [3.05, 3.63) is 53.4 Å². The lowest BCUT2D eigenvalue weighted by Gasteiger charge is -2.04. The van der Waals surface area contributed by atoms with Crippen LogP contribution in [0.4, 0.5) is 0 Å². The van der Waals surface area contributed by atoms with E-state index in [2.05, 4.69) is 9.97 Å². The van der Waals surface area contributed by atoms with Crippen molar-refractivity contribution in [2.45, 2.75) is 6.61 Å². The minimum absolute atomic E-state index is 0.429. The van der Waals surface area contributed by atoms with Crippen molar-refractivity contribution in [2.24, 2.45) is 0 Å². The zero-order valence-electron chi connectivity index (χ0n) is 7.93. The molecule has 15 heavy (non-hydrogen) atoms. The fraction of sp³-hybridized carbons (Fsp3) is 0.0909. The average Bonchev–Trinajstić information content (AvgIpc) is 2.28. The second-order valence-electron chi connectivity index (χ2n) is 2.95. The molecule has 4 heteroatoms. The molecule has 2 aromatic heterocycles. The maximum atomic E-state index is 5.72. The molecular weight excluding hydrogens is 212 g/mol. The normalized spacial score (nSPS) is 9.93. The Kier molecular flexibility index (Phi) is 3.15. The van der Waals surface area contributed by atoms with Crippen molar-refractivity contribution in [1.82, 2.24) is 9.97 Å². The lowest BCUT2D eigenvalue weighted by atomic mass is 10.3. The van der Waals surface area contributed by atoms with Gasteiger partial charge in [-0.3, -0.25) is 4.98 Å². The molecule has 2 heterocycles. The van der Waals surface area contributed by atoms with Gasteiger partial charge in [-0.05, 0) is 12.1 Å². The Morgan fingerprint density at radius 1 is 1.20 bits per heavy atom. The molecule has 0 bridgehead atoms. The van der Waals surface area contributed by atoms with Crippen molar-refractivity contribution in [1.29, 1.82) is 0 Å². The smallest absolute Gasteiger partial charge is 0.214 e. The van der Waals surface area contributed by atoms with E-state index in [-0.39, 0.29) is 0 Å². The molecule has 0 aliphatic rings. The second kappa shape index (κ2) is 4.75. The maximum absolute atomic E-state index is 5.72. The summed E-state index contributed by atoms with van der Waals surface area (Å²) in [5.41, 5.74) is 0.999. The molecule has 0 atom stereocenters. The molecule has 0 saturated carbocycles. The van der Waals surface area contributed by atoms with E-state index in [0.717, 1.165) is 5.56 Å². The van der Waals surface area contributed by atoms with Crippen LogP contribution in [-0.4, -0.2) is 9.97 Å². The summed E-state index contributed by atoms with van der Waals surface area (Å²) in [4.78, 5) is 8.00. The minimum Gasteiger partial charge on any atom is -0.473 e. The van der Waals surface area contributed by atoms with Crippen LogP contribution in [0.5, 0.6) is 5.88 Å². The Hall–Kier alpha value is -1.61. The average molecular weight is 221 g/mol. The van der Waals surface area contributed by atoms with Gasteiger partial charge in [-0.1, -0.05) is 23.7 Å². The first-order chi connectivity index (χ1) is 7.34. The van der Waals surface area contributed by atoms with Crippen molar-refractivity contribution in [2.75, 3.05) is 0 Å². The van der Waals surface area contributed by atoms with Gasteiger partial charge >= 0.3 is 0 Å². The summed E-state index contributed by atoms with van der Waals surface area (Å²) in [6.07, 6.45) is 3.48. The van der Waals surface area contributed by atoms with E-state index in [1.165, 1.54) is 0 Å². The Labute approximate surface area is 92.7 Å². The van der Waals surface area contributed by atoms with E-state index in [0.29, 0.717) is 17.6 Å². The van der Waals surface area contributed by atoms with Gasteiger partial charge in [0.05, 0.1) is 0 Å². The zero-order valence-corrected chi connectivity index (χ0v) is 8.69. The van der Waals surface area contributed by atoms with E-state index in [9.17, 15) is 0 Å². The van der Waals surface area contributed by atoms with Gasteiger partial charge in [0.2, 0.25) is 5.88 Å². The minimum atomic E-state index is 0.429. The van der Waals surface area contributed by atoms with Crippen molar-refractivity contribution >= 4 is 11.6 Å². The lowest BCUT2D eigenvalue weighted by Crippen LogP contribution is -1.97. The van der Waals surface area contributed by atoms with Gasteiger partial charge in [0.1, 0.15) is 11.8 Å². The number of hydrogen-bond donors (Lipinski definition) is 0. The molecule has 3 nitrogen and oxygen atoms in total. The van der Waals surface area contributed by atoms with E-state index >= 15 is 0 Å². The van der Waals surface area contributed by atoms with Gasteiger partial charge in [-0.25, -0.2) is 4.98 Å². The molecule has 2 rings (SSSR count). The molecule has 0 amide bonds. The summed E-state index contributed by atoms with van der Waals surface area (Å²) in [5, 5.41) is 0.429. The number of pyridine rings is 2. The highest BCUT2D eigenvalue weighted by atomic mass is 35.5. The lowest BCUT2D eigenvalue weighted by molar-refractivity contribution is 0.293. The van der Waals surface area contributed by atoms with Crippen LogP contribution in [0.25, 0.3) is 0 Å². The highest BCUT2D eigenvalue weighted by Crippen LogP contribution is 2.12. The number of ether oxygens (including phenoxy) is 1. The molecule has 0 fully saturated rings. The van der Waals surface area contributed by atoms with Gasteiger partial charge in [0, 0.05) is 24.0 Å². The standard InChI is InChI=1S/C11H9ClN2O/c12-10-4-1-5-11(14-10)15-8-9-3-2-6-13-7-9/h1-7H,8H2. The third kappa shape index (κ3) is 2.92. The second-order valence-corrected chi connectivity index (χ2v) is 3.34. The maximum Gasteiger partial charge on any atom is 0.214 e. The van der Waals surface area contributed by atoms with E-state index < -0.39 is 0 Å². The van der Waals surface area contributed by atoms with Crippen LogP contribution in [0.15, 0.2) is 42.7 Å². The first-order valence-electron chi connectivity index (χ1n) is 4.49. The molecule has 2 aromatic rings. The van der Waals surface area contributed by atoms with E-state index in [1.54, 1.807) is 30.6 Å². The van der Waals surface area contributed by atoms with Gasteiger partial charge in [-0.15, -0.1) is 0 Å². The summed E-state index contributed by atoms with van der Waals surface area (Å²) < 4.78 is 5.44. The fourth-order valence-corrected chi connectivity index (χ4v) is 1.27. The highest BCUT2D eigenvalue weighted by Gasteiger charge is 1.97. The first kappa shape index (κ1) is 9.93. The monoisotopic (exact) mass is 220 g/mol. The molecule has 0 saturated heterocycles. The molecule has 0 aliphatic carbocycles. The Morgan fingerprint density at radius 2 is 2.13 bits per heavy atom. The quantitative estimate of drug-likeness (QED) is 0.746. The molecular formula is C11H9ClN2O. The van der Waals surface area contributed by atoms with Crippen LogP contribution in [-0.2, 0) is 6.61 Å². The van der Waals surface area contributed by atoms with Gasteiger partial charge in [0.15, 0.2) is 0 Å². The summed E-state index contributed by atoms with van der Waals surface area (Å²) >= 11 is 5.72. The Balaban J connectivity index is 1.99. The van der Waals surface area contributed by atoms with Crippen LogP contribution >= 0.6 is 11.6 Å². The number of hydrogen-bond acceptors (Lipinski definition) is 3. The topological polar surface area (TPSA) is 35.0 Å². The SMILES string of the molecule is Clc1cccc(OCc2cccnc2)n1. The van der Waals surface area contributed by atoms with Crippen LogP contribution < -0.4 is 4.74 Å². The van der Waals surface area contributed by atoms with Crippen LogP contribution in [0.1, 0.15) is 5.56 Å². The van der Waals surface area contributed by atoms with Crippen molar-refractivity contribution < 1.29 is 4.74 Å². The molecule has 0 spiro atoms. The molecule has 0 unspecified atom stereocenters. The van der Waals surface area contributed by atoms with Crippen LogP contribution in [0.3, 0.4) is 0 Å². The molecule has 0 radical (unpaired) electrons. The van der Waals surface area contributed by atoms with Crippen LogP contribution in [0.2, 0.25) is 5.15 Å². The third-order valence-electron chi connectivity index (χ3n) is 1.80.